The van der Waals surface area contributed by atoms with Crippen LogP contribution in [0, 0.1) is 0 Å². The number of hydrogen-bond acceptors (Lipinski definition) is 3. The third-order valence-electron chi connectivity index (χ3n) is 2.30. The van der Waals surface area contributed by atoms with Crippen LogP contribution in [0.2, 0.25) is 0 Å². The van der Waals surface area contributed by atoms with E-state index in [0.717, 1.165) is 5.57 Å². The second-order valence-corrected chi connectivity index (χ2v) is 4.45. The molecule has 2 N–H and O–H groups in total. The first kappa shape index (κ1) is 15.6. The van der Waals surface area contributed by atoms with Gasteiger partial charge in [0.2, 0.25) is 0 Å². The standard InChI is InChI=1S/C14H18N2O4/c1-10(2)8-16(3)14(19)15-11-5-4-6-12(7-11)20-9-13(17)18/h4-7H,1,8-9H2,2-3H3,(H,15,19)(H,17,18). The lowest BCUT2D eigenvalue weighted by Gasteiger charge is -2.18. The second-order valence-electron chi connectivity index (χ2n) is 4.45. The third-order valence-corrected chi connectivity index (χ3v) is 2.30. The highest BCUT2D eigenvalue weighted by Gasteiger charge is 2.09. The van der Waals surface area contributed by atoms with Gasteiger partial charge in [0.05, 0.1) is 0 Å². The Labute approximate surface area is 117 Å². The molecular formula is C14H18N2O4. The summed E-state index contributed by atoms with van der Waals surface area (Å²) in [5.41, 5.74) is 1.41. The Morgan fingerprint density at radius 3 is 2.75 bits per heavy atom. The quantitative estimate of drug-likeness (QED) is 0.782. The summed E-state index contributed by atoms with van der Waals surface area (Å²) < 4.78 is 5.04. The number of carbonyl (C=O) groups excluding carboxylic acids is 1. The van der Waals surface area contributed by atoms with Crippen LogP contribution in [-0.4, -0.2) is 42.2 Å². The van der Waals surface area contributed by atoms with Crippen LogP contribution in [0.3, 0.4) is 0 Å². The number of ether oxygens (including phenoxy) is 1. The number of nitrogens with one attached hydrogen (secondary N) is 1. The van der Waals surface area contributed by atoms with Gasteiger partial charge in [-0.15, -0.1) is 0 Å². The van der Waals surface area contributed by atoms with E-state index >= 15 is 0 Å². The molecule has 0 spiro atoms. The highest BCUT2D eigenvalue weighted by Crippen LogP contribution is 2.17. The van der Waals surface area contributed by atoms with Gasteiger partial charge in [0.25, 0.3) is 0 Å². The molecule has 1 rings (SSSR count). The van der Waals surface area contributed by atoms with E-state index in [0.29, 0.717) is 18.0 Å². The summed E-state index contributed by atoms with van der Waals surface area (Å²) in [4.78, 5) is 23.8. The van der Waals surface area contributed by atoms with Crippen LogP contribution in [-0.2, 0) is 4.79 Å². The van der Waals surface area contributed by atoms with Gasteiger partial charge >= 0.3 is 12.0 Å². The van der Waals surface area contributed by atoms with Crippen LogP contribution in [0.5, 0.6) is 5.75 Å². The van der Waals surface area contributed by atoms with Gasteiger partial charge in [-0.25, -0.2) is 9.59 Å². The van der Waals surface area contributed by atoms with E-state index in [9.17, 15) is 9.59 Å². The number of rotatable bonds is 6. The summed E-state index contributed by atoms with van der Waals surface area (Å²) in [5.74, 6) is -0.673. The molecule has 0 aromatic heterocycles. The van der Waals surface area contributed by atoms with Crippen molar-refractivity contribution in [1.29, 1.82) is 0 Å². The maximum absolute atomic E-state index is 11.9. The van der Waals surface area contributed by atoms with Crippen molar-refractivity contribution in [3.63, 3.8) is 0 Å². The highest BCUT2D eigenvalue weighted by atomic mass is 16.5. The number of carbonyl (C=O) groups is 2. The molecule has 20 heavy (non-hydrogen) atoms. The third kappa shape index (κ3) is 5.43. The fraction of sp³-hybridized carbons (Fsp3) is 0.286. The van der Waals surface area contributed by atoms with Crippen LogP contribution in [0.1, 0.15) is 6.92 Å². The average molecular weight is 278 g/mol. The fourth-order valence-corrected chi connectivity index (χ4v) is 1.50. The number of anilines is 1. The van der Waals surface area contributed by atoms with Crippen molar-refractivity contribution in [1.82, 2.24) is 4.90 Å². The Morgan fingerprint density at radius 2 is 2.15 bits per heavy atom. The number of likely N-dealkylation sites (N-methyl/N-ethyl adjacent to an activating group) is 1. The van der Waals surface area contributed by atoms with Crippen molar-refractivity contribution in [3.8, 4) is 5.75 Å². The van der Waals surface area contributed by atoms with E-state index in [2.05, 4.69) is 11.9 Å². The van der Waals surface area contributed by atoms with Gasteiger partial charge in [-0.05, 0) is 19.1 Å². The zero-order chi connectivity index (χ0) is 15.1. The van der Waals surface area contributed by atoms with Gasteiger partial charge in [0.1, 0.15) is 5.75 Å². The molecule has 0 bridgehead atoms. The molecule has 0 saturated carbocycles. The zero-order valence-corrected chi connectivity index (χ0v) is 11.5. The first-order valence-electron chi connectivity index (χ1n) is 5.99. The summed E-state index contributed by atoms with van der Waals surface area (Å²) in [7, 11) is 1.66. The molecule has 0 radical (unpaired) electrons. The van der Waals surface area contributed by atoms with Crippen molar-refractivity contribution in [2.24, 2.45) is 0 Å². The average Bonchev–Trinajstić information content (AvgIpc) is 2.36. The van der Waals surface area contributed by atoms with Gasteiger partial charge in [-0.1, -0.05) is 18.2 Å². The minimum absolute atomic E-state index is 0.275. The van der Waals surface area contributed by atoms with Gasteiger partial charge in [-0.2, -0.15) is 0 Å². The number of aliphatic carboxylic acids is 1. The van der Waals surface area contributed by atoms with Crippen LogP contribution >= 0.6 is 0 Å². The van der Waals surface area contributed by atoms with Crippen molar-refractivity contribution in [2.45, 2.75) is 6.92 Å². The lowest BCUT2D eigenvalue weighted by Crippen LogP contribution is -2.32. The van der Waals surface area contributed by atoms with Gasteiger partial charge in [-0.3, -0.25) is 0 Å². The molecule has 0 aliphatic rings. The van der Waals surface area contributed by atoms with E-state index in [1.807, 2.05) is 6.92 Å². The first-order chi connectivity index (χ1) is 9.38. The largest absolute Gasteiger partial charge is 0.482 e. The van der Waals surface area contributed by atoms with Gasteiger partial charge < -0.3 is 20.1 Å². The van der Waals surface area contributed by atoms with Crippen molar-refractivity contribution in [2.75, 3.05) is 25.5 Å². The van der Waals surface area contributed by atoms with E-state index in [1.165, 1.54) is 4.90 Å². The van der Waals surface area contributed by atoms with Crippen molar-refractivity contribution < 1.29 is 19.4 Å². The minimum atomic E-state index is -1.05. The second kappa shape index (κ2) is 7.18. The maximum Gasteiger partial charge on any atom is 0.341 e. The number of carboxylic acids is 1. The Morgan fingerprint density at radius 1 is 1.45 bits per heavy atom. The molecule has 1 aromatic rings. The van der Waals surface area contributed by atoms with Crippen molar-refractivity contribution in [3.05, 3.63) is 36.4 Å². The highest BCUT2D eigenvalue weighted by molar-refractivity contribution is 5.89. The normalized spacial score (nSPS) is 9.70. The van der Waals surface area contributed by atoms with E-state index in [1.54, 1.807) is 31.3 Å². The molecule has 0 aliphatic heterocycles. The number of benzene rings is 1. The smallest absolute Gasteiger partial charge is 0.341 e. The monoisotopic (exact) mass is 278 g/mol. The van der Waals surface area contributed by atoms with Gasteiger partial charge in [0.15, 0.2) is 6.61 Å². The molecule has 0 fully saturated rings. The molecule has 0 unspecified atom stereocenters. The lowest BCUT2D eigenvalue weighted by atomic mass is 10.3. The maximum atomic E-state index is 11.9. The number of amides is 2. The topological polar surface area (TPSA) is 78.9 Å². The Kier molecular flexibility index (Phi) is 5.58. The molecule has 0 heterocycles. The molecule has 6 heteroatoms. The van der Waals surface area contributed by atoms with E-state index in [4.69, 9.17) is 9.84 Å². The van der Waals surface area contributed by atoms with Crippen LogP contribution in [0.25, 0.3) is 0 Å². The zero-order valence-electron chi connectivity index (χ0n) is 11.5. The summed E-state index contributed by atoms with van der Waals surface area (Å²) in [6.45, 7) is 5.62. The number of carboxylic acid groups (broad SMARTS) is 1. The summed E-state index contributed by atoms with van der Waals surface area (Å²) in [6, 6.07) is 6.28. The molecule has 0 atom stereocenters. The predicted octanol–water partition coefficient (Wildman–Crippen LogP) is 2.19. The minimum Gasteiger partial charge on any atom is -0.482 e. The summed E-state index contributed by atoms with van der Waals surface area (Å²) >= 11 is 0. The molecule has 2 amide bonds. The molecular weight excluding hydrogens is 260 g/mol. The van der Waals surface area contributed by atoms with Crippen LogP contribution in [0.15, 0.2) is 36.4 Å². The Hall–Kier alpha value is -2.50. The Bertz CT molecular complexity index is 514. The number of urea groups is 1. The molecule has 1 aromatic carbocycles. The van der Waals surface area contributed by atoms with Crippen LogP contribution < -0.4 is 10.1 Å². The van der Waals surface area contributed by atoms with Crippen LogP contribution in [0.4, 0.5) is 10.5 Å². The lowest BCUT2D eigenvalue weighted by molar-refractivity contribution is -0.139. The van der Waals surface area contributed by atoms with E-state index in [-0.39, 0.29) is 6.03 Å². The molecule has 0 aliphatic carbocycles. The molecule has 108 valence electrons. The number of nitrogens with zero attached hydrogens (tertiary/aromatic N) is 1. The molecule has 6 nitrogen and oxygen atoms in total. The van der Waals surface area contributed by atoms with Crippen molar-refractivity contribution >= 4 is 17.7 Å². The predicted molar refractivity (Wildman–Crippen MR) is 76.0 cm³/mol. The van der Waals surface area contributed by atoms with E-state index < -0.39 is 12.6 Å². The summed E-state index contributed by atoms with van der Waals surface area (Å²) in [6.07, 6.45) is 0. The first-order valence-corrected chi connectivity index (χ1v) is 5.99. The SMILES string of the molecule is C=C(C)CN(C)C(=O)Nc1cccc(OCC(=O)O)c1. The summed E-state index contributed by atoms with van der Waals surface area (Å²) in [5, 5.41) is 11.2. The van der Waals surface area contributed by atoms with Gasteiger partial charge in [0, 0.05) is 25.3 Å². The number of hydrogen-bond donors (Lipinski definition) is 2. The fourth-order valence-electron chi connectivity index (χ4n) is 1.50. The molecule has 0 saturated heterocycles. The Balaban J connectivity index is 2.63.